The summed E-state index contributed by atoms with van der Waals surface area (Å²) in [6.07, 6.45) is 1.21. The molecular weight excluding hydrogens is 386 g/mol. The molecule has 0 bridgehead atoms. The molecule has 0 radical (unpaired) electrons. The van der Waals surface area contributed by atoms with E-state index < -0.39 is 17.1 Å². The van der Waals surface area contributed by atoms with Crippen molar-refractivity contribution >= 4 is 17.8 Å². The first-order valence-corrected chi connectivity index (χ1v) is 8.64. The van der Waals surface area contributed by atoms with Gasteiger partial charge in [0.15, 0.2) is 11.5 Å². The number of nitrogens with one attached hydrogen (secondary N) is 1. The topological polar surface area (TPSA) is 106 Å². The van der Waals surface area contributed by atoms with Crippen molar-refractivity contribution in [1.82, 2.24) is 9.55 Å². The van der Waals surface area contributed by atoms with Crippen LogP contribution in [0.4, 0.5) is 0 Å². The van der Waals surface area contributed by atoms with Gasteiger partial charge >= 0.3 is 5.69 Å². The van der Waals surface area contributed by atoms with E-state index in [-0.39, 0.29) is 29.6 Å². The van der Waals surface area contributed by atoms with Crippen LogP contribution in [0.2, 0.25) is 5.02 Å². The number of ether oxygens (including phenoxy) is 2. The van der Waals surface area contributed by atoms with Gasteiger partial charge in [0.2, 0.25) is 12.7 Å². The van der Waals surface area contributed by atoms with Gasteiger partial charge in [-0.2, -0.15) is 0 Å². The molecule has 8 nitrogen and oxygen atoms in total. The van der Waals surface area contributed by atoms with Crippen LogP contribution >= 0.6 is 11.6 Å². The summed E-state index contributed by atoms with van der Waals surface area (Å²) >= 11 is 6.11. The van der Waals surface area contributed by atoms with Gasteiger partial charge in [-0.1, -0.05) is 29.8 Å². The number of fused-ring (bicyclic) bond motifs is 1. The molecule has 2 N–H and O–H groups in total. The van der Waals surface area contributed by atoms with Gasteiger partial charge < -0.3 is 14.6 Å². The van der Waals surface area contributed by atoms with Crippen LogP contribution in [-0.2, 0) is 6.54 Å². The molecule has 142 valence electrons. The highest BCUT2D eigenvalue weighted by Crippen LogP contribution is 2.32. The summed E-state index contributed by atoms with van der Waals surface area (Å²) in [6.45, 7) is 0.412. The maximum atomic E-state index is 12.2. The van der Waals surface area contributed by atoms with Crippen molar-refractivity contribution in [2.45, 2.75) is 6.54 Å². The average molecular weight is 400 g/mol. The second kappa shape index (κ2) is 7.24. The van der Waals surface area contributed by atoms with Gasteiger partial charge in [-0.15, -0.1) is 0 Å². The number of hydrogen-bond donors (Lipinski definition) is 2. The highest BCUT2D eigenvalue weighted by molar-refractivity contribution is 6.32. The number of para-hydroxylation sites is 1. The number of aromatic amines is 1. The van der Waals surface area contributed by atoms with Crippen molar-refractivity contribution in [3.63, 3.8) is 0 Å². The van der Waals surface area contributed by atoms with Crippen molar-refractivity contribution in [1.29, 1.82) is 0 Å². The Morgan fingerprint density at radius 3 is 2.79 bits per heavy atom. The van der Waals surface area contributed by atoms with Gasteiger partial charge in [0.05, 0.1) is 17.3 Å². The Kier molecular flexibility index (Phi) is 4.62. The van der Waals surface area contributed by atoms with Gasteiger partial charge in [-0.25, -0.2) is 9.36 Å². The SMILES string of the molecule is O=c1[nH]c(=O)n(-c2ccccc2Cl)c(O)c1C=NCc1ccc2c(c1)OCO2. The molecule has 0 amide bonds. The second-order valence-electron chi connectivity index (χ2n) is 5.94. The third kappa shape index (κ3) is 3.25. The van der Waals surface area contributed by atoms with Crippen LogP contribution in [0, 0.1) is 0 Å². The number of aromatic nitrogens is 2. The van der Waals surface area contributed by atoms with Gasteiger partial charge in [0.1, 0.15) is 5.56 Å². The zero-order chi connectivity index (χ0) is 19.7. The molecule has 28 heavy (non-hydrogen) atoms. The number of H-pyrrole nitrogens is 1. The van der Waals surface area contributed by atoms with Crippen LogP contribution in [0.15, 0.2) is 57.0 Å². The van der Waals surface area contributed by atoms with E-state index in [0.717, 1.165) is 10.1 Å². The van der Waals surface area contributed by atoms with Gasteiger partial charge in [-0.05, 0) is 29.8 Å². The second-order valence-corrected chi connectivity index (χ2v) is 6.35. The van der Waals surface area contributed by atoms with Crippen LogP contribution in [0.3, 0.4) is 0 Å². The van der Waals surface area contributed by atoms with E-state index in [1.807, 2.05) is 6.07 Å². The number of hydrogen-bond acceptors (Lipinski definition) is 6. The highest BCUT2D eigenvalue weighted by atomic mass is 35.5. The number of aromatic hydroxyl groups is 1. The molecule has 9 heteroatoms. The van der Waals surface area contributed by atoms with Gasteiger partial charge in [0.25, 0.3) is 5.56 Å². The molecule has 0 spiro atoms. The smallest absolute Gasteiger partial charge is 0.335 e. The molecule has 0 saturated heterocycles. The average Bonchev–Trinajstić information content (AvgIpc) is 3.13. The molecule has 3 aromatic rings. The quantitative estimate of drug-likeness (QED) is 0.654. The predicted octanol–water partition coefficient (Wildman–Crippen LogP) is 2.23. The third-order valence-corrected chi connectivity index (χ3v) is 4.47. The van der Waals surface area contributed by atoms with Crippen LogP contribution < -0.4 is 20.7 Å². The fourth-order valence-electron chi connectivity index (χ4n) is 2.79. The molecule has 1 aliphatic heterocycles. The Balaban J connectivity index is 1.67. The molecule has 0 atom stereocenters. The molecule has 2 heterocycles. The molecule has 2 aromatic carbocycles. The molecular formula is C19H14ClN3O5. The van der Waals surface area contributed by atoms with Crippen LogP contribution in [-0.4, -0.2) is 27.7 Å². The van der Waals surface area contributed by atoms with E-state index in [0.29, 0.717) is 11.5 Å². The number of benzene rings is 2. The molecule has 1 aromatic heterocycles. The summed E-state index contributed by atoms with van der Waals surface area (Å²) in [4.78, 5) is 30.7. The van der Waals surface area contributed by atoms with Crippen LogP contribution in [0.25, 0.3) is 5.69 Å². The molecule has 0 fully saturated rings. The first-order chi connectivity index (χ1) is 13.5. The van der Waals surface area contributed by atoms with Crippen LogP contribution in [0.1, 0.15) is 11.1 Å². The molecule has 0 unspecified atom stereocenters. The van der Waals surface area contributed by atoms with Gasteiger partial charge in [-0.3, -0.25) is 14.8 Å². The lowest BCUT2D eigenvalue weighted by Gasteiger charge is -2.10. The molecule has 0 saturated carbocycles. The van der Waals surface area contributed by atoms with Crippen molar-refractivity contribution < 1.29 is 14.6 Å². The van der Waals surface area contributed by atoms with E-state index in [9.17, 15) is 14.7 Å². The lowest BCUT2D eigenvalue weighted by molar-refractivity contribution is 0.174. The van der Waals surface area contributed by atoms with Crippen molar-refractivity contribution in [2.75, 3.05) is 6.79 Å². The first-order valence-electron chi connectivity index (χ1n) is 8.26. The summed E-state index contributed by atoms with van der Waals surface area (Å²) in [5.74, 6) is 0.741. The molecule has 4 rings (SSSR count). The lowest BCUT2D eigenvalue weighted by Crippen LogP contribution is -2.31. The monoisotopic (exact) mass is 399 g/mol. The lowest BCUT2D eigenvalue weighted by atomic mass is 10.2. The van der Waals surface area contributed by atoms with E-state index >= 15 is 0 Å². The predicted molar refractivity (Wildman–Crippen MR) is 103 cm³/mol. The molecule has 0 aliphatic carbocycles. The van der Waals surface area contributed by atoms with Crippen molar-refractivity contribution in [2.24, 2.45) is 4.99 Å². The summed E-state index contributed by atoms with van der Waals surface area (Å²) in [7, 11) is 0. The Labute approximate surface area is 163 Å². The van der Waals surface area contributed by atoms with Crippen molar-refractivity contribution in [3.8, 4) is 23.1 Å². The standard InChI is InChI=1S/C19H14ClN3O5/c20-13-3-1-2-4-14(13)23-18(25)12(17(24)22-19(23)26)9-21-8-11-5-6-15-16(7-11)28-10-27-15/h1-7,9,25H,8,10H2,(H,22,24,26). The van der Waals surface area contributed by atoms with Crippen LogP contribution in [0.5, 0.6) is 17.4 Å². The van der Waals surface area contributed by atoms with E-state index in [2.05, 4.69) is 9.98 Å². The normalized spacial score (nSPS) is 12.6. The summed E-state index contributed by atoms with van der Waals surface area (Å²) in [5, 5.41) is 10.8. The number of aliphatic imine (C=N–C) groups is 1. The summed E-state index contributed by atoms with van der Waals surface area (Å²) in [6, 6.07) is 11.8. The number of rotatable bonds is 4. The fourth-order valence-corrected chi connectivity index (χ4v) is 3.01. The maximum absolute atomic E-state index is 12.2. The van der Waals surface area contributed by atoms with E-state index in [1.54, 1.807) is 36.4 Å². The Morgan fingerprint density at radius 1 is 1.18 bits per heavy atom. The number of halogens is 1. The Bertz CT molecular complexity index is 1200. The van der Waals surface area contributed by atoms with E-state index in [1.165, 1.54) is 6.21 Å². The minimum atomic E-state index is -0.802. The maximum Gasteiger partial charge on any atom is 0.335 e. The zero-order valence-corrected chi connectivity index (χ0v) is 15.1. The minimum absolute atomic E-state index is 0.153. The van der Waals surface area contributed by atoms with Gasteiger partial charge in [0, 0.05) is 6.21 Å². The fraction of sp³-hybridized carbons (Fsp3) is 0.105. The van der Waals surface area contributed by atoms with Crippen molar-refractivity contribution in [3.05, 3.63) is 79.5 Å². The summed E-state index contributed by atoms with van der Waals surface area (Å²) < 4.78 is 11.5. The highest BCUT2D eigenvalue weighted by Gasteiger charge is 2.16. The Hall–Kier alpha value is -3.52. The molecule has 1 aliphatic rings. The first kappa shape index (κ1) is 17.9. The Morgan fingerprint density at radius 2 is 1.96 bits per heavy atom. The third-order valence-electron chi connectivity index (χ3n) is 4.15. The van der Waals surface area contributed by atoms with E-state index in [4.69, 9.17) is 21.1 Å². The zero-order valence-electron chi connectivity index (χ0n) is 14.4. The number of nitrogens with zero attached hydrogens (tertiary/aromatic N) is 2. The summed E-state index contributed by atoms with van der Waals surface area (Å²) in [5.41, 5.74) is -0.631. The minimum Gasteiger partial charge on any atom is -0.493 e. The largest absolute Gasteiger partial charge is 0.493 e.